The van der Waals surface area contributed by atoms with Crippen LogP contribution < -0.4 is 4.74 Å². The molecule has 0 saturated heterocycles. The molecule has 1 aromatic carbocycles. The molecular formula is C22H32O3. The molecule has 3 aliphatic rings. The van der Waals surface area contributed by atoms with E-state index in [9.17, 15) is 10.2 Å². The van der Waals surface area contributed by atoms with Gasteiger partial charge in [0.25, 0.3) is 0 Å². The monoisotopic (exact) mass is 344 g/mol. The third-order valence-corrected chi connectivity index (χ3v) is 7.80. The second-order valence-electron chi connectivity index (χ2n) is 8.91. The zero-order chi connectivity index (χ0) is 17.8. The number of methoxy groups -OCH3 is 1. The van der Waals surface area contributed by atoms with E-state index in [2.05, 4.69) is 19.9 Å². The summed E-state index contributed by atoms with van der Waals surface area (Å²) in [6.45, 7) is 4.58. The van der Waals surface area contributed by atoms with Gasteiger partial charge in [-0.15, -0.1) is 0 Å². The van der Waals surface area contributed by atoms with Gasteiger partial charge in [-0.1, -0.05) is 20.3 Å². The van der Waals surface area contributed by atoms with Crippen molar-refractivity contribution < 1.29 is 14.9 Å². The Kier molecular flexibility index (Phi) is 4.26. The van der Waals surface area contributed by atoms with E-state index in [1.165, 1.54) is 24.0 Å². The number of aryl methyl sites for hydroxylation is 1. The van der Waals surface area contributed by atoms with Crippen LogP contribution in [0.3, 0.4) is 0 Å². The number of aliphatic hydroxyl groups excluding tert-OH is 1. The number of ether oxygens (including phenoxy) is 1. The van der Waals surface area contributed by atoms with Gasteiger partial charge in [-0.05, 0) is 90.9 Å². The highest BCUT2D eigenvalue weighted by Gasteiger charge is 2.57. The minimum Gasteiger partial charge on any atom is -0.504 e. The van der Waals surface area contributed by atoms with Gasteiger partial charge < -0.3 is 14.9 Å². The molecule has 6 atom stereocenters. The number of hydrogen-bond acceptors (Lipinski definition) is 3. The average molecular weight is 344 g/mol. The third kappa shape index (κ3) is 2.50. The number of phenolic OH excluding ortho intramolecular Hbond substituents is 1. The Morgan fingerprint density at radius 3 is 2.80 bits per heavy atom. The van der Waals surface area contributed by atoms with Gasteiger partial charge in [0.1, 0.15) is 0 Å². The lowest BCUT2D eigenvalue weighted by Gasteiger charge is -2.50. The molecule has 2 N–H and O–H groups in total. The first-order chi connectivity index (χ1) is 12.0. The summed E-state index contributed by atoms with van der Waals surface area (Å²) < 4.78 is 5.37. The van der Waals surface area contributed by atoms with Crippen molar-refractivity contribution in [3.8, 4) is 11.5 Å². The van der Waals surface area contributed by atoms with Crippen LogP contribution in [0.4, 0.5) is 0 Å². The molecule has 2 saturated carbocycles. The number of rotatable bonds is 3. The van der Waals surface area contributed by atoms with Gasteiger partial charge in [-0.2, -0.15) is 0 Å². The zero-order valence-corrected chi connectivity index (χ0v) is 15.8. The quantitative estimate of drug-likeness (QED) is 0.839. The summed E-state index contributed by atoms with van der Waals surface area (Å²) in [6, 6.07) is 4.00. The van der Waals surface area contributed by atoms with Crippen LogP contribution in [0.1, 0.15) is 69.4 Å². The maximum absolute atomic E-state index is 11.0. The number of fused-ring (bicyclic) bond motifs is 5. The Morgan fingerprint density at radius 2 is 2.08 bits per heavy atom. The van der Waals surface area contributed by atoms with Crippen molar-refractivity contribution in [2.75, 3.05) is 7.11 Å². The fourth-order valence-corrected chi connectivity index (χ4v) is 6.55. The van der Waals surface area contributed by atoms with Crippen molar-refractivity contribution in [1.29, 1.82) is 0 Å². The normalized spacial score (nSPS) is 39.4. The molecule has 0 unspecified atom stereocenters. The van der Waals surface area contributed by atoms with Crippen molar-refractivity contribution in [1.82, 2.24) is 0 Å². The largest absolute Gasteiger partial charge is 0.504 e. The van der Waals surface area contributed by atoms with Crippen molar-refractivity contribution in [3.63, 3.8) is 0 Å². The molecule has 3 aliphatic carbocycles. The fraction of sp³-hybridized carbons (Fsp3) is 0.727. The highest BCUT2D eigenvalue weighted by Crippen LogP contribution is 2.63. The maximum Gasteiger partial charge on any atom is 0.160 e. The molecule has 25 heavy (non-hydrogen) atoms. The summed E-state index contributed by atoms with van der Waals surface area (Å²) >= 11 is 0. The Hall–Kier alpha value is -1.22. The number of aromatic hydroxyl groups is 1. The molecule has 3 heteroatoms. The summed E-state index contributed by atoms with van der Waals surface area (Å²) in [7, 11) is 1.63. The molecule has 1 aromatic rings. The van der Waals surface area contributed by atoms with Crippen LogP contribution in [0.5, 0.6) is 11.5 Å². The predicted octanol–water partition coefficient (Wildman–Crippen LogP) is 4.64. The fourth-order valence-electron chi connectivity index (χ4n) is 6.55. The van der Waals surface area contributed by atoms with Crippen molar-refractivity contribution in [2.24, 2.45) is 23.2 Å². The highest BCUT2D eigenvalue weighted by atomic mass is 16.5. The van der Waals surface area contributed by atoms with Gasteiger partial charge in [0.05, 0.1) is 13.2 Å². The number of benzene rings is 1. The molecule has 2 fully saturated rings. The standard InChI is InChI=1S/C22H32O3/c1-4-5-14-10-18-16-7-6-13-11-19(23)20(25-3)12-17(13)15(16)8-9-22(18,2)21(14)24/h11-12,14-16,18,21,23-24H,4-10H2,1-3H3/t14-,15-,16+,18-,21-,22-/m0/s1. The number of phenols is 1. The van der Waals surface area contributed by atoms with Crippen molar-refractivity contribution in [2.45, 2.75) is 70.8 Å². The third-order valence-electron chi connectivity index (χ3n) is 7.80. The zero-order valence-electron chi connectivity index (χ0n) is 15.8. The summed E-state index contributed by atoms with van der Waals surface area (Å²) in [4.78, 5) is 0. The lowest BCUT2D eigenvalue weighted by molar-refractivity contribution is -0.0334. The average Bonchev–Trinajstić information content (AvgIpc) is 2.86. The maximum atomic E-state index is 11.0. The van der Waals surface area contributed by atoms with E-state index >= 15 is 0 Å². The Bertz CT molecular complexity index is 655. The predicted molar refractivity (Wildman–Crippen MR) is 99.1 cm³/mol. The van der Waals surface area contributed by atoms with Gasteiger partial charge >= 0.3 is 0 Å². The lowest BCUT2D eigenvalue weighted by atomic mass is 9.55. The molecule has 3 nitrogen and oxygen atoms in total. The van der Waals surface area contributed by atoms with E-state index in [1.54, 1.807) is 7.11 Å². The van der Waals surface area contributed by atoms with E-state index in [1.807, 2.05) is 6.07 Å². The van der Waals surface area contributed by atoms with Crippen LogP contribution in [-0.2, 0) is 6.42 Å². The first kappa shape index (κ1) is 17.2. The summed E-state index contributed by atoms with van der Waals surface area (Å²) in [5, 5.41) is 21.1. The number of hydrogen-bond donors (Lipinski definition) is 2. The second kappa shape index (κ2) is 6.19. The van der Waals surface area contributed by atoms with Gasteiger partial charge in [0.2, 0.25) is 0 Å². The van der Waals surface area contributed by atoms with Crippen LogP contribution in [-0.4, -0.2) is 23.4 Å². The van der Waals surface area contributed by atoms with Crippen LogP contribution in [0.15, 0.2) is 12.1 Å². The van der Waals surface area contributed by atoms with E-state index < -0.39 is 0 Å². The second-order valence-corrected chi connectivity index (χ2v) is 8.91. The van der Waals surface area contributed by atoms with E-state index in [-0.39, 0.29) is 17.3 Å². The molecule has 4 rings (SSSR count). The number of aliphatic hydroxyl groups is 1. The first-order valence-corrected chi connectivity index (χ1v) is 10.1. The highest BCUT2D eigenvalue weighted by molar-refractivity contribution is 5.49. The summed E-state index contributed by atoms with van der Waals surface area (Å²) in [6.07, 6.45) is 7.87. The molecule has 0 bridgehead atoms. The Morgan fingerprint density at radius 1 is 1.28 bits per heavy atom. The molecule has 0 radical (unpaired) electrons. The molecule has 0 amide bonds. The molecule has 138 valence electrons. The molecule has 0 heterocycles. The van der Waals surface area contributed by atoms with Crippen LogP contribution >= 0.6 is 0 Å². The first-order valence-electron chi connectivity index (χ1n) is 10.1. The SMILES string of the molecule is CCC[C@H]1C[C@H]2[C@@H]3CCc4cc(O)c(OC)cc4[C@H]3CC[C@]2(C)[C@H]1O. The van der Waals surface area contributed by atoms with Crippen LogP contribution in [0, 0.1) is 23.2 Å². The Labute approximate surface area is 151 Å². The smallest absolute Gasteiger partial charge is 0.160 e. The lowest BCUT2D eigenvalue weighted by Crippen LogP contribution is -2.44. The van der Waals surface area contributed by atoms with Crippen LogP contribution in [0.25, 0.3) is 0 Å². The molecular weight excluding hydrogens is 312 g/mol. The van der Waals surface area contributed by atoms with Gasteiger partial charge in [0.15, 0.2) is 11.5 Å². The molecule has 0 spiro atoms. The van der Waals surface area contributed by atoms with E-state index in [4.69, 9.17) is 4.74 Å². The van der Waals surface area contributed by atoms with Crippen molar-refractivity contribution in [3.05, 3.63) is 23.3 Å². The molecule has 0 aliphatic heterocycles. The van der Waals surface area contributed by atoms with E-state index in [0.717, 1.165) is 32.1 Å². The molecule has 0 aromatic heterocycles. The van der Waals surface area contributed by atoms with Gasteiger partial charge in [-0.3, -0.25) is 0 Å². The Balaban J connectivity index is 1.67. The minimum atomic E-state index is -0.130. The summed E-state index contributed by atoms with van der Waals surface area (Å²) in [5.74, 6) is 3.20. The van der Waals surface area contributed by atoms with E-state index in [0.29, 0.717) is 29.4 Å². The van der Waals surface area contributed by atoms with Crippen molar-refractivity contribution >= 4 is 0 Å². The van der Waals surface area contributed by atoms with Gasteiger partial charge in [-0.25, -0.2) is 0 Å². The van der Waals surface area contributed by atoms with Crippen LogP contribution in [0.2, 0.25) is 0 Å². The summed E-state index contributed by atoms with van der Waals surface area (Å²) in [5.41, 5.74) is 2.78. The van der Waals surface area contributed by atoms with Gasteiger partial charge in [0, 0.05) is 0 Å². The minimum absolute atomic E-state index is 0.0967. The topological polar surface area (TPSA) is 49.7 Å².